The molecule has 3 saturated heterocycles. The number of carbonyl (C=O) groups is 2. The van der Waals surface area contributed by atoms with Gasteiger partial charge in [-0.1, -0.05) is 77.2 Å². The number of hydrogen-bond acceptors (Lipinski definition) is 16. The lowest BCUT2D eigenvalue weighted by Gasteiger charge is -2.47. The highest BCUT2D eigenvalue weighted by atomic mass is 16.8. The van der Waals surface area contributed by atoms with E-state index < -0.39 is 128 Å². The van der Waals surface area contributed by atoms with Crippen molar-refractivity contribution in [1.29, 1.82) is 0 Å². The summed E-state index contributed by atoms with van der Waals surface area (Å²) < 4.78 is 24.1. The Morgan fingerprint density at radius 3 is 1.93 bits per heavy atom. The maximum atomic E-state index is 13.1. The van der Waals surface area contributed by atoms with Gasteiger partial charge >= 0.3 is 5.69 Å². The third kappa shape index (κ3) is 13.4. The molecule has 336 valence electrons. The van der Waals surface area contributed by atoms with Crippen molar-refractivity contribution in [3.8, 4) is 0 Å². The second-order valence-corrected chi connectivity index (χ2v) is 15.6. The Labute approximate surface area is 342 Å². The van der Waals surface area contributed by atoms with E-state index in [4.69, 9.17) is 18.9 Å². The van der Waals surface area contributed by atoms with Crippen LogP contribution in [0.15, 0.2) is 34.0 Å². The molecule has 0 radical (unpaired) electrons. The predicted molar refractivity (Wildman–Crippen MR) is 207 cm³/mol. The van der Waals surface area contributed by atoms with Gasteiger partial charge in [0.2, 0.25) is 11.8 Å². The number of aliphatic hydroxyl groups is 8. The van der Waals surface area contributed by atoms with Gasteiger partial charge in [-0.3, -0.25) is 23.9 Å². The van der Waals surface area contributed by atoms with Gasteiger partial charge in [0.25, 0.3) is 5.56 Å². The molecule has 2 amide bonds. The van der Waals surface area contributed by atoms with Gasteiger partial charge in [0, 0.05) is 25.6 Å². The fourth-order valence-corrected chi connectivity index (χ4v) is 7.68. The van der Waals surface area contributed by atoms with Gasteiger partial charge in [-0.15, -0.1) is 0 Å². The average Bonchev–Trinajstić information content (AvgIpc) is 3.49. The molecule has 1 aromatic heterocycles. The zero-order valence-electron chi connectivity index (χ0n) is 33.7. The number of carbonyl (C=O) groups excluding carboxylic acids is 2. The molecule has 15 atom stereocenters. The number of hydrogen-bond donors (Lipinski definition) is 11. The second kappa shape index (κ2) is 23.8. The highest BCUT2D eigenvalue weighted by molar-refractivity contribution is 5.87. The first-order chi connectivity index (χ1) is 28.2. The van der Waals surface area contributed by atoms with E-state index in [9.17, 15) is 60.0 Å². The molecule has 59 heavy (non-hydrogen) atoms. The second-order valence-electron chi connectivity index (χ2n) is 15.6. The van der Waals surface area contributed by atoms with Crippen molar-refractivity contribution in [3.63, 3.8) is 0 Å². The Balaban J connectivity index is 1.44. The van der Waals surface area contributed by atoms with Gasteiger partial charge in [0.1, 0.15) is 60.9 Å². The Bertz CT molecular complexity index is 1590. The molecule has 3 fully saturated rings. The number of unbranched alkanes of at least 4 members (excludes halogenated alkanes) is 11. The van der Waals surface area contributed by atoms with Crippen molar-refractivity contribution in [2.24, 2.45) is 0 Å². The van der Waals surface area contributed by atoms with Crippen LogP contribution in [0.5, 0.6) is 0 Å². The first-order valence-electron chi connectivity index (χ1n) is 20.7. The summed E-state index contributed by atoms with van der Waals surface area (Å²) >= 11 is 0. The van der Waals surface area contributed by atoms with Crippen LogP contribution < -0.4 is 21.9 Å². The average molecular weight is 845 g/mol. The first kappa shape index (κ1) is 48.5. The summed E-state index contributed by atoms with van der Waals surface area (Å²) in [5, 5.41) is 91.4. The number of ether oxygens (including phenoxy) is 4. The van der Waals surface area contributed by atoms with E-state index in [1.807, 2.05) is 4.98 Å². The maximum absolute atomic E-state index is 13.1. The Kier molecular flexibility index (Phi) is 19.6. The summed E-state index contributed by atoms with van der Waals surface area (Å²) in [6, 6.07) is -2.01. The molecule has 0 spiro atoms. The number of nitrogens with one attached hydrogen (secondary N) is 3. The van der Waals surface area contributed by atoms with Crippen molar-refractivity contribution >= 4 is 11.8 Å². The third-order valence-corrected chi connectivity index (χ3v) is 11.0. The van der Waals surface area contributed by atoms with E-state index in [1.54, 1.807) is 6.08 Å². The fourth-order valence-electron chi connectivity index (χ4n) is 7.68. The topological polar surface area (TPSA) is 312 Å². The van der Waals surface area contributed by atoms with Crippen molar-refractivity contribution in [2.75, 3.05) is 6.61 Å². The number of nitrogens with zero attached hydrogens (tertiary/aromatic N) is 1. The van der Waals surface area contributed by atoms with Crippen LogP contribution in [0.1, 0.15) is 104 Å². The number of aliphatic hydroxyl groups excluding tert-OH is 8. The lowest BCUT2D eigenvalue weighted by molar-refractivity contribution is -0.346. The smallest absolute Gasteiger partial charge is 0.330 e. The van der Waals surface area contributed by atoms with Gasteiger partial charge < -0.3 is 70.4 Å². The number of aromatic amines is 1. The van der Waals surface area contributed by atoms with Crippen molar-refractivity contribution in [2.45, 2.75) is 189 Å². The number of aromatic nitrogens is 2. The summed E-state index contributed by atoms with van der Waals surface area (Å²) in [6.45, 7) is 2.55. The zero-order chi connectivity index (χ0) is 43.2. The van der Waals surface area contributed by atoms with Crippen LogP contribution in [0, 0.1) is 0 Å². The maximum Gasteiger partial charge on any atom is 0.330 e. The van der Waals surface area contributed by atoms with Gasteiger partial charge in [-0.25, -0.2) is 4.79 Å². The van der Waals surface area contributed by atoms with Gasteiger partial charge in [0.05, 0.1) is 18.8 Å². The van der Waals surface area contributed by atoms with Crippen LogP contribution in [0.3, 0.4) is 0 Å². The van der Waals surface area contributed by atoms with Crippen LogP contribution in [0.2, 0.25) is 0 Å². The SMILES string of the molecule is CCCCCCCCCCCCC/C=C/C(=O)N[C@H]1[C@H](O[C@@H]2O[C@H](CO)[C@@H](O)[C@H](O)[C@H]2NC(C)=O)O[C@H](C[C@@H](O)[C@H]2O[C@@H](n3ccc(=O)[nH]c3=O)[C@H](O)[C@@H]2O)[C@H](O)[C@@H]1O. The molecule has 20 nitrogen and oxygen atoms in total. The fraction of sp³-hybridized carbons (Fsp3) is 0.795. The predicted octanol–water partition coefficient (Wildman–Crippen LogP) is -1.94. The standard InChI is InChI=1S/C39H64N4O16/c1-3-4-5-6-7-8-9-10-11-12-13-14-15-16-25(47)41-28-32(52)29(49)23(56-38(28)59-37-27(40-21(2)45)31(51)30(50)24(20-44)57-37)19-22(46)35-33(53)34(54)36(58-35)43-18-17-26(48)42-39(43)55/h15-18,22-24,27-38,44,46,49-54H,3-14,19-20H2,1-2H3,(H,40,45)(H,41,47)(H,42,48,55)/b16-15+/t22-,23-,24-,27-,28-,29+,30-,31-,32-,33+,34-,35-,36-,37+,38+/m1/s1. The monoisotopic (exact) mass is 844 g/mol. The van der Waals surface area contributed by atoms with Gasteiger partial charge in [-0.2, -0.15) is 0 Å². The molecule has 3 aliphatic rings. The molecule has 0 aliphatic carbocycles. The molecular weight excluding hydrogens is 780 g/mol. The molecule has 1 aromatic rings. The Hall–Kier alpha value is -3.12. The van der Waals surface area contributed by atoms with Crippen LogP contribution in [0.25, 0.3) is 0 Å². The summed E-state index contributed by atoms with van der Waals surface area (Å²) in [5.74, 6) is -1.35. The zero-order valence-corrected chi connectivity index (χ0v) is 33.7. The van der Waals surface area contributed by atoms with Gasteiger partial charge in [0.15, 0.2) is 18.8 Å². The molecule has 0 bridgehead atoms. The molecule has 3 aliphatic heterocycles. The van der Waals surface area contributed by atoms with E-state index in [1.165, 1.54) is 51.0 Å². The van der Waals surface area contributed by atoms with Gasteiger partial charge in [-0.05, 0) is 18.9 Å². The van der Waals surface area contributed by atoms with E-state index in [0.717, 1.165) is 49.4 Å². The van der Waals surface area contributed by atoms with E-state index in [0.29, 0.717) is 6.42 Å². The van der Waals surface area contributed by atoms with Crippen LogP contribution in [-0.2, 0) is 28.5 Å². The normalized spacial score (nSPS) is 34.2. The summed E-state index contributed by atoms with van der Waals surface area (Å²) in [7, 11) is 0. The van der Waals surface area contributed by atoms with E-state index in [2.05, 4.69) is 17.6 Å². The Morgan fingerprint density at radius 2 is 1.36 bits per heavy atom. The molecule has 11 N–H and O–H groups in total. The van der Waals surface area contributed by atoms with Crippen molar-refractivity contribution in [1.82, 2.24) is 20.2 Å². The minimum absolute atomic E-state index is 0.597. The molecule has 0 saturated carbocycles. The Morgan fingerprint density at radius 1 is 0.797 bits per heavy atom. The number of allylic oxidation sites excluding steroid dienone is 1. The van der Waals surface area contributed by atoms with Crippen molar-refractivity contribution in [3.05, 3.63) is 45.3 Å². The van der Waals surface area contributed by atoms with E-state index in [-0.39, 0.29) is 0 Å². The van der Waals surface area contributed by atoms with Crippen LogP contribution >= 0.6 is 0 Å². The summed E-state index contributed by atoms with van der Waals surface area (Å²) in [4.78, 5) is 51.1. The number of amides is 2. The van der Waals surface area contributed by atoms with Crippen LogP contribution in [-0.4, -0.2) is 155 Å². The van der Waals surface area contributed by atoms with Crippen molar-refractivity contribution < 1.29 is 69.4 Å². The molecule has 0 unspecified atom stereocenters. The summed E-state index contributed by atoms with van der Waals surface area (Å²) in [6.07, 6.45) is -5.00. The van der Waals surface area contributed by atoms with E-state index >= 15 is 0 Å². The summed E-state index contributed by atoms with van der Waals surface area (Å²) in [5.41, 5.74) is -1.68. The molecule has 4 heterocycles. The van der Waals surface area contributed by atoms with Crippen LogP contribution in [0.4, 0.5) is 0 Å². The molecule has 4 rings (SSSR count). The highest BCUT2D eigenvalue weighted by Gasteiger charge is 2.53. The minimum atomic E-state index is -1.85. The lowest BCUT2D eigenvalue weighted by atomic mass is 9.91. The quantitative estimate of drug-likeness (QED) is 0.0447. The first-order valence-corrected chi connectivity index (χ1v) is 20.7. The number of rotatable bonds is 22. The third-order valence-electron chi connectivity index (χ3n) is 11.0. The minimum Gasteiger partial charge on any atom is -0.394 e. The number of H-pyrrole nitrogens is 1. The largest absolute Gasteiger partial charge is 0.394 e. The molecular formula is C39H64N4O16. The molecule has 0 aromatic carbocycles. The lowest BCUT2D eigenvalue weighted by Crippen LogP contribution is -2.68. The highest BCUT2D eigenvalue weighted by Crippen LogP contribution is 2.34. The molecule has 20 heteroatoms.